The Morgan fingerprint density at radius 3 is 2.52 bits per heavy atom. The van der Waals surface area contributed by atoms with E-state index in [1.54, 1.807) is 12.1 Å². The van der Waals surface area contributed by atoms with E-state index in [1.165, 1.54) is 60.8 Å². The fraction of sp³-hybridized carbons (Fsp3) is 0.429. The van der Waals surface area contributed by atoms with Gasteiger partial charge in [-0.25, -0.2) is 4.39 Å². The van der Waals surface area contributed by atoms with Gasteiger partial charge in [0.2, 0.25) is 0 Å². The van der Waals surface area contributed by atoms with Crippen LogP contribution in [0.2, 0.25) is 5.02 Å². The maximum atomic E-state index is 13.3. The lowest BCUT2D eigenvalue weighted by Crippen LogP contribution is -2.34. The standard InChI is InChI=1S/C21H26ClFN2/c1-15-11-21(24-14-25-8-4-3-5-9-25)16(2)10-18(15)12-17-6-7-20(23)19(22)13-17/h6-7,10-11,13,24H,3-5,8-9,12,14H2,1-2H3. The van der Waals surface area contributed by atoms with Gasteiger partial charge in [0.1, 0.15) is 5.82 Å². The first-order valence-corrected chi connectivity index (χ1v) is 9.41. The number of likely N-dealkylation sites (tertiary alicyclic amines) is 1. The van der Waals surface area contributed by atoms with Crippen molar-refractivity contribution < 1.29 is 4.39 Å². The number of benzene rings is 2. The van der Waals surface area contributed by atoms with Crippen molar-refractivity contribution in [2.24, 2.45) is 0 Å². The van der Waals surface area contributed by atoms with Crippen LogP contribution in [-0.4, -0.2) is 24.7 Å². The summed E-state index contributed by atoms with van der Waals surface area (Å²) in [6.07, 6.45) is 4.73. The molecule has 1 heterocycles. The number of nitrogens with zero attached hydrogens (tertiary/aromatic N) is 1. The molecule has 0 radical (unpaired) electrons. The summed E-state index contributed by atoms with van der Waals surface area (Å²) in [5.41, 5.74) is 5.97. The van der Waals surface area contributed by atoms with E-state index in [0.717, 1.165) is 18.7 Å². The summed E-state index contributed by atoms with van der Waals surface area (Å²) < 4.78 is 13.3. The molecule has 0 spiro atoms. The topological polar surface area (TPSA) is 15.3 Å². The highest BCUT2D eigenvalue weighted by Gasteiger charge is 2.11. The molecule has 0 amide bonds. The number of halogens is 2. The molecule has 0 aromatic heterocycles. The van der Waals surface area contributed by atoms with Crippen molar-refractivity contribution >= 4 is 17.3 Å². The number of nitrogens with one attached hydrogen (secondary N) is 1. The molecule has 3 rings (SSSR count). The Morgan fingerprint density at radius 1 is 1.04 bits per heavy atom. The number of hydrogen-bond donors (Lipinski definition) is 1. The zero-order valence-electron chi connectivity index (χ0n) is 15.0. The molecule has 1 saturated heterocycles. The number of aryl methyl sites for hydroxylation is 2. The van der Waals surface area contributed by atoms with Gasteiger partial charge in [-0.1, -0.05) is 30.2 Å². The van der Waals surface area contributed by atoms with Crippen LogP contribution in [0.3, 0.4) is 0 Å². The fourth-order valence-corrected chi connectivity index (χ4v) is 3.64. The average Bonchev–Trinajstić information content (AvgIpc) is 2.61. The van der Waals surface area contributed by atoms with Crippen LogP contribution < -0.4 is 5.32 Å². The lowest BCUT2D eigenvalue weighted by Gasteiger charge is -2.27. The van der Waals surface area contributed by atoms with E-state index in [0.29, 0.717) is 0 Å². The van der Waals surface area contributed by atoms with Crippen LogP contribution in [0.25, 0.3) is 0 Å². The smallest absolute Gasteiger partial charge is 0.141 e. The van der Waals surface area contributed by atoms with Gasteiger partial charge in [0, 0.05) is 5.69 Å². The first-order valence-electron chi connectivity index (χ1n) is 9.03. The van der Waals surface area contributed by atoms with Gasteiger partial charge in [0.15, 0.2) is 0 Å². The Balaban J connectivity index is 1.69. The molecule has 0 bridgehead atoms. The highest BCUT2D eigenvalue weighted by Crippen LogP contribution is 2.25. The molecule has 1 fully saturated rings. The van der Waals surface area contributed by atoms with Crippen molar-refractivity contribution in [1.82, 2.24) is 4.90 Å². The largest absolute Gasteiger partial charge is 0.372 e. The van der Waals surface area contributed by atoms with Crippen molar-refractivity contribution in [1.29, 1.82) is 0 Å². The Kier molecular flexibility index (Phi) is 5.98. The van der Waals surface area contributed by atoms with Crippen molar-refractivity contribution in [2.75, 3.05) is 25.1 Å². The molecule has 2 aromatic carbocycles. The molecule has 4 heteroatoms. The van der Waals surface area contributed by atoms with Gasteiger partial charge in [-0.2, -0.15) is 0 Å². The van der Waals surface area contributed by atoms with Crippen LogP contribution in [0.5, 0.6) is 0 Å². The molecule has 1 aliphatic heterocycles. The average molecular weight is 361 g/mol. The summed E-state index contributed by atoms with van der Waals surface area (Å²) in [5.74, 6) is -0.365. The first-order chi connectivity index (χ1) is 12.0. The molecule has 1 N–H and O–H groups in total. The second kappa shape index (κ2) is 8.20. The Morgan fingerprint density at radius 2 is 1.80 bits per heavy atom. The van der Waals surface area contributed by atoms with E-state index in [1.807, 2.05) is 0 Å². The minimum atomic E-state index is -0.365. The molecule has 134 valence electrons. The number of anilines is 1. The van der Waals surface area contributed by atoms with Crippen LogP contribution in [0, 0.1) is 19.7 Å². The van der Waals surface area contributed by atoms with Crippen molar-refractivity contribution in [3.63, 3.8) is 0 Å². The lowest BCUT2D eigenvalue weighted by atomic mass is 9.97. The summed E-state index contributed by atoms with van der Waals surface area (Å²) >= 11 is 5.90. The quantitative estimate of drug-likeness (QED) is 0.752. The van der Waals surface area contributed by atoms with E-state index in [9.17, 15) is 4.39 Å². The Labute approximate surface area is 155 Å². The van der Waals surface area contributed by atoms with Crippen LogP contribution in [0.15, 0.2) is 30.3 Å². The normalized spacial score (nSPS) is 15.4. The molecule has 0 unspecified atom stereocenters. The van der Waals surface area contributed by atoms with E-state index in [4.69, 9.17) is 11.6 Å². The van der Waals surface area contributed by atoms with E-state index >= 15 is 0 Å². The Bertz CT molecular complexity index is 739. The van der Waals surface area contributed by atoms with E-state index in [-0.39, 0.29) is 10.8 Å². The first kappa shape index (κ1) is 18.2. The third kappa shape index (κ3) is 4.74. The molecule has 2 nitrogen and oxygen atoms in total. The second-order valence-electron chi connectivity index (χ2n) is 7.03. The predicted octanol–water partition coefficient (Wildman–Crippen LogP) is 5.54. The molecule has 0 aliphatic carbocycles. The molecular formula is C21H26ClFN2. The van der Waals surface area contributed by atoms with Crippen molar-refractivity contribution in [2.45, 2.75) is 39.5 Å². The van der Waals surface area contributed by atoms with Gasteiger partial charge in [-0.3, -0.25) is 4.90 Å². The van der Waals surface area contributed by atoms with Crippen LogP contribution >= 0.6 is 11.6 Å². The monoisotopic (exact) mass is 360 g/mol. The highest BCUT2D eigenvalue weighted by atomic mass is 35.5. The minimum absolute atomic E-state index is 0.187. The number of hydrogen-bond acceptors (Lipinski definition) is 2. The van der Waals surface area contributed by atoms with Crippen molar-refractivity contribution in [3.8, 4) is 0 Å². The van der Waals surface area contributed by atoms with Gasteiger partial charge in [0.25, 0.3) is 0 Å². The molecule has 2 aromatic rings. The summed E-state index contributed by atoms with van der Waals surface area (Å²) in [7, 11) is 0. The fourth-order valence-electron chi connectivity index (χ4n) is 3.44. The third-order valence-corrected chi connectivity index (χ3v) is 5.29. The second-order valence-corrected chi connectivity index (χ2v) is 7.44. The molecule has 0 saturated carbocycles. The third-order valence-electron chi connectivity index (χ3n) is 5.00. The molecule has 25 heavy (non-hydrogen) atoms. The summed E-state index contributed by atoms with van der Waals surface area (Å²) in [6, 6.07) is 9.41. The SMILES string of the molecule is Cc1cc(NCN2CCCCC2)c(C)cc1Cc1ccc(F)c(Cl)c1. The Hall–Kier alpha value is -1.58. The van der Waals surface area contributed by atoms with Gasteiger partial charge in [0.05, 0.1) is 11.7 Å². The van der Waals surface area contributed by atoms with Gasteiger partial charge < -0.3 is 5.32 Å². The van der Waals surface area contributed by atoms with Crippen LogP contribution in [0.4, 0.5) is 10.1 Å². The van der Waals surface area contributed by atoms with Crippen LogP contribution in [-0.2, 0) is 6.42 Å². The van der Waals surface area contributed by atoms with Crippen molar-refractivity contribution in [3.05, 3.63) is 63.4 Å². The summed E-state index contributed by atoms with van der Waals surface area (Å²) in [4.78, 5) is 2.48. The minimum Gasteiger partial charge on any atom is -0.372 e. The maximum absolute atomic E-state index is 13.3. The summed E-state index contributed by atoms with van der Waals surface area (Å²) in [5, 5.41) is 3.77. The van der Waals surface area contributed by atoms with Gasteiger partial charge in [-0.15, -0.1) is 0 Å². The van der Waals surface area contributed by atoms with Gasteiger partial charge >= 0.3 is 0 Å². The summed E-state index contributed by atoms with van der Waals surface area (Å²) in [6.45, 7) is 7.56. The number of piperidine rings is 1. The highest BCUT2D eigenvalue weighted by molar-refractivity contribution is 6.30. The predicted molar refractivity (Wildman–Crippen MR) is 104 cm³/mol. The zero-order valence-corrected chi connectivity index (χ0v) is 15.8. The maximum Gasteiger partial charge on any atom is 0.141 e. The molecule has 1 aliphatic rings. The van der Waals surface area contributed by atoms with Gasteiger partial charge in [-0.05, 0) is 86.7 Å². The van der Waals surface area contributed by atoms with Crippen LogP contribution in [0.1, 0.15) is 41.5 Å². The lowest BCUT2D eigenvalue weighted by molar-refractivity contribution is 0.243. The number of rotatable bonds is 5. The molecular weight excluding hydrogens is 335 g/mol. The zero-order chi connectivity index (χ0) is 17.8. The van der Waals surface area contributed by atoms with E-state index < -0.39 is 0 Å². The molecule has 0 atom stereocenters. The van der Waals surface area contributed by atoms with E-state index in [2.05, 4.69) is 36.2 Å².